The van der Waals surface area contributed by atoms with Crippen LogP contribution in [0.25, 0.3) is 0 Å². The summed E-state index contributed by atoms with van der Waals surface area (Å²) in [5.74, 6) is 0.398. The lowest BCUT2D eigenvalue weighted by Gasteiger charge is -2.22. The summed E-state index contributed by atoms with van der Waals surface area (Å²) < 4.78 is 44.7. The third kappa shape index (κ3) is 3.27. The number of nitrogens with zero attached hydrogens (tertiary/aromatic N) is 4. The van der Waals surface area contributed by atoms with Gasteiger partial charge in [-0.2, -0.15) is 18.3 Å². The van der Waals surface area contributed by atoms with Crippen LogP contribution in [0.3, 0.4) is 0 Å². The van der Waals surface area contributed by atoms with Crippen molar-refractivity contribution in [3.05, 3.63) is 35.0 Å². The van der Waals surface area contributed by atoms with Crippen molar-refractivity contribution in [2.24, 2.45) is 7.05 Å². The fourth-order valence-corrected chi connectivity index (χ4v) is 3.00. The number of aromatic nitrogens is 3. The predicted octanol–water partition coefficient (Wildman–Crippen LogP) is 3.53. The molecule has 0 unspecified atom stereocenters. The van der Waals surface area contributed by atoms with E-state index in [0.29, 0.717) is 24.4 Å². The van der Waals surface area contributed by atoms with Crippen LogP contribution in [0.1, 0.15) is 66.3 Å². The van der Waals surface area contributed by atoms with Crippen LogP contribution in [0, 0.1) is 0 Å². The summed E-state index contributed by atoms with van der Waals surface area (Å²) in [6, 6.07) is 2.30. The molecule has 0 N–H and O–H groups in total. The molecular weight excluding hydrogens is 337 g/mol. The lowest BCUT2D eigenvalue weighted by atomic mass is 10.1. The molecule has 2 aromatic rings. The second kappa shape index (κ2) is 6.20. The SMILES string of the molecule is CC(C)c1cc([C@@H]2CCCN2C(=O)c2cc(C(F)(F)F)nn2C)no1. The number of carbonyl (C=O) groups is 1. The third-order valence-electron chi connectivity index (χ3n) is 4.36. The lowest BCUT2D eigenvalue weighted by Crippen LogP contribution is -2.32. The molecule has 3 rings (SSSR count). The van der Waals surface area contributed by atoms with E-state index in [1.165, 1.54) is 7.05 Å². The largest absolute Gasteiger partial charge is 0.435 e. The normalized spacial score (nSPS) is 18.4. The van der Waals surface area contributed by atoms with Crippen molar-refractivity contribution >= 4 is 5.91 Å². The van der Waals surface area contributed by atoms with Crippen molar-refractivity contribution in [2.75, 3.05) is 6.54 Å². The Morgan fingerprint density at radius 2 is 2.08 bits per heavy atom. The fraction of sp³-hybridized carbons (Fsp3) is 0.562. The van der Waals surface area contributed by atoms with Crippen molar-refractivity contribution in [1.29, 1.82) is 0 Å². The Morgan fingerprint density at radius 3 is 2.64 bits per heavy atom. The molecule has 2 aromatic heterocycles. The number of carbonyl (C=O) groups excluding carboxylic acids is 1. The summed E-state index contributed by atoms with van der Waals surface area (Å²) in [5, 5.41) is 7.45. The number of amides is 1. The molecule has 25 heavy (non-hydrogen) atoms. The van der Waals surface area contributed by atoms with Gasteiger partial charge in [-0.1, -0.05) is 19.0 Å². The summed E-state index contributed by atoms with van der Waals surface area (Å²) in [7, 11) is 1.33. The zero-order chi connectivity index (χ0) is 18.4. The smallest absolute Gasteiger partial charge is 0.361 e. The molecule has 0 spiro atoms. The second-order valence-electron chi connectivity index (χ2n) is 6.50. The summed E-state index contributed by atoms with van der Waals surface area (Å²) in [6.07, 6.45) is -3.14. The molecule has 3 heterocycles. The molecular formula is C16H19F3N4O2. The van der Waals surface area contributed by atoms with Crippen LogP contribution in [-0.4, -0.2) is 32.3 Å². The Labute approximate surface area is 142 Å². The predicted molar refractivity (Wildman–Crippen MR) is 81.8 cm³/mol. The van der Waals surface area contributed by atoms with Gasteiger partial charge in [-0.3, -0.25) is 9.48 Å². The standard InChI is InChI=1S/C16H19F3N4O2/c1-9(2)13-7-10(21-25-13)11-5-4-6-23(11)15(24)12-8-14(16(17,18)19)20-22(12)3/h7-9,11H,4-6H2,1-3H3/t11-/m0/s1. The number of halogens is 3. The highest BCUT2D eigenvalue weighted by Gasteiger charge is 2.38. The number of hydrogen-bond acceptors (Lipinski definition) is 4. The maximum atomic E-state index is 12.8. The maximum Gasteiger partial charge on any atom is 0.435 e. The molecule has 1 fully saturated rings. The Hall–Kier alpha value is -2.32. The zero-order valence-electron chi connectivity index (χ0n) is 14.2. The van der Waals surface area contributed by atoms with Gasteiger partial charge >= 0.3 is 6.18 Å². The molecule has 1 aliphatic heterocycles. The quantitative estimate of drug-likeness (QED) is 0.844. The van der Waals surface area contributed by atoms with E-state index in [-0.39, 0.29) is 17.7 Å². The number of likely N-dealkylation sites (tertiary alicyclic amines) is 1. The van der Waals surface area contributed by atoms with E-state index in [1.807, 2.05) is 19.9 Å². The maximum absolute atomic E-state index is 12.8. The van der Waals surface area contributed by atoms with Gasteiger partial charge in [0.25, 0.3) is 5.91 Å². The fourth-order valence-electron chi connectivity index (χ4n) is 3.00. The van der Waals surface area contributed by atoms with E-state index in [0.717, 1.165) is 17.2 Å². The van der Waals surface area contributed by atoms with E-state index < -0.39 is 17.8 Å². The first kappa shape index (κ1) is 17.5. The first-order valence-corrected chi connectivity index (χ1v) is 8.07. The summed E-state index contributed by atoms with van der Waals surface area (Å²) in [4.78, 5) is 14.3. The first-order valence-electron chi connectivity index (χ1n) is 8.07. The van der Waals surface area contributed by atoms with Crippen LogP contribution < -0.4 is 0 Å². The van der Waals surface area contributed by atoms with Gasteiger partial charge in [0.05, 0.1) is 6.04 Å². The number of alkyl halides is 3. The van der Waals surface area contributed by atoms with Gasteiger partial charge in [-0.25, -0.2) is 0 Å². The van der Waals surface area contributed by atoms with Gasteiger partial charge < -0.3 is 9.42 Å². The molecule has 9 heteroatoms. The molecule has 0 saturated carbocycles. The second-order valence-corrected chi connectivity index (χ2v) is 6.50. The Morgan fingerprint density at radius 1 is 1.36 bits per heavy atom. The van der Waals surface area contributed by atoms with Crippen molar-refractivity contribution in [3.8, 4) is 0 Å². The summed E-state index contributed by atoms with van der Waals surface area (Å²) in [5.41, 5.74) is -0.530. The van der Waals surface area contributed by atoms with E-state index in [9.17, 15) is 18.0 Å². The molecule has 1 atom stereocenters. The van der Waals surface area contributed by atoms with Gasteiger partial charge in [0, 0.05) is 31.6 Å². The van der Waals surface area contributed by atoms with E-state index in [2.05, 4.69) is 10.3 Å². The Bertz CT molecular complexity index is 779. The molecule has 6 nitrogen and oxygen atoms in total. The third-order valence-corrected chi connectivity index (χ3v) is 4.36. The van der Waals surface area contributed by atoms with E-state index >= 15 is 0 Å². The Balaban J connectivity index is 1.87. The van der Waals surface area contributed by atoms with E-state index in [4.69, 9.17) is 4.52 Å². The highest BCUT2D eigenvalue weighted by atomic mass is 19.4. The van der Waals surface area contributed by atoms with Crippen molar-refractivity contribution in [3.63, 3.8) is 0 Å². The zero-order valence-corrected chi connectivity index (χ0v) is 14.2. The molecule has 0 aliphatic carbocycles. The van der Waals surface area contributed by atoms with Gasteiger partial charge in [-0.05, 0) is 12.8 Å². The number of rotatable bonds is 3. The van der Waals surface area contributed by atoms with Crippen LogP contribution in [0.5, 0.6) is 0 Å². The number of aryl methyl sites for hydroxylation is 1. The average Bonchev–Trinajstić information content (AvgIpc) is 3.24. The van der Waals surface area contributed by atoms with Crippen molar-refractivity contribution in [2.45, 2.75) is 44.8 Å². The van der Waals surface area contributed by atoms with Gasteiger partial charge in [-0.15, -0.1) is 0 Å². The van der Waals surface area contributed by atoms with E-state index in [1.54, 1.807) is 4.90 Å². The molecule has 0 aromatic carbocycles. The molecule has 136 valence electrons. The topological polar surface area (TPSA) is 64.2 Å². The van der Waals surface area contributed by atoms with Crippen molar-refractivity contribution in [1.82, 2.24) is 19.8 Å². The molecule has 1 amide bonds. The van der Waals surface area contributed by atoms with Crippen LogP contribution in [0.15, 0.2) is 16.7 Å². The first-order chi connectivity index (χ1) is 11.7. The minimum Gasteiger partial charge on any atom is -0.361 e. The molecule has 0 bridgehead atoms. The lowest BCUT2D eigenvalue weighted by molar-refractivity contribution is -0.141. The average molecular weight is 356 g/mol. The van der Waals surface area contributed by atoms with Crippen molar-refractivity contribution < 1.29 is 22.5 Å². The highest BCUT2D eigenvalue weighted by Crippen LogP contribution is 2.35. The summed E-state index contributed by atoms with van der Waals surface area (Å²) in [6.45, 7) is 4.40. The van der Waals surface area contributed by atoms with Crippen LogP contribution in [-0.2, 0) is 13.2 Å². The molecule has 1 aliphatic rings. The minimum atomic E-state index is -4.58. The monoisotopic (exact) mass is 356 g/mol. The van der Waals surface area contributed by atoms with Crippen LogP contribution in [0.4, 0.5) is 13.2 Å². The molecule has 0 radical (unpaired) electrons. The molecule has 1 saturated heterocycles. The Kier molecular flexibility index (Phi) is 4.34. The van der Waals surface area contributed by atoms with Crippen LogP contribution >= 0.6 is 0 Å². The van der Waals surface area contributed by atoms with Gasteiger partial charge in [0.2, 0.25) is 0 Å². The van der Waals surface area contributed by atoms with Crippen LogP contribution in [0.2, 0.25) is 0 Å². The number of hydrogen-bond donors (Lipinski definition) is 0. The summed E-state index contributed by atoms with van der Waals surface area (Å²) >= 11 is 0. The van der Waals surface area contributed by atoms with Gasteiger partial charge in [0.15, 0.2) is 5.69 Å². The van der Waals surface area contributed by atoms with Gasteiger partial charge in [0.1, 0.15) is 17.1 Å². The highest BCUT2D eigenvalue weighted by molar-refractivity contribution is 5.93. The minimum absolute atomic E-state index is 0.0909.